The molecule has 8 nitrogen and oxygen atoms in total. The second-order valence-corrected chi connectivity index (χ2v) is 7.59. The average Bonchev–Trinajstić information content (AvgIpc) is 3.11. The van der Waals surface area contributed by atoms with Crippen molar-refractivity contribution in [2.24, 2.45) is 5.92 Å². The summed E-state index contributed by atoms with van der Waals surface area (Å²) in [6.07, 6.45) is 5.29. The van der Waals surface area contributed by atoms with Crippen molar-refractivity contribution >= 4 is 17.7 Å². The lowest BCUT2D eigenvalue weighted by Gasteiger charge is -2.28. The molecule has 8 heteroatoms. The third-order valence-electron chi connectivity index (χ3n) is 5.64. The molecule has 0 spiro atoms. The molecular weight excluding hydrogens is 334 g/mol. The van der Waals surface area contributed by atoms with E-state index in [0.717, 1.165) is 58.4 Å². The van der Waals surface area contributed by atoms with Crippen LogP contribution >= 0.6 is 0 Å². The standard InChI is InChI=1S/C18H31N5O3/c24-16(20-8-3-10-23-11-9-19-12-23)7-6-15-18(26)21-14-5-2-1-4-13(14)17(25)22-15/h13-15,19H,1-12H2,(H,20,24)(H,21,26)(H,22,25). The summed E-state index contributed by atoms with van der Waals surface area (Å²) in [5, 5.41) is 12.0. The van der Waals surface area contributed by atoms with Gasteiger partial charge in [-0.05, 0) is 25.7 Å². The first-order valence-electron chi connectivity index (χ1n) is 9.94. The van der Waals surface area contributed by atoms with Crippen LogP contribution in [-0.4, -0.2) is 67.6 Å². The van der Waals surface area contributed by atoms with Crippen molar-refractivity contribution in [2.45, 2.75) is 57.0 Å². The van der Waals surface area contributed by atoms with Crippen LogP contribution in [0.4, 0.5) is 0 Å². The van der Waals surface area contributed by atoms with Gasteiger partial charge in [-0.1, -0.05) is 12.8 Å². The van der Waals surface area contributed by atoms with E-state index in [4.69, 9.17) is 0 Å². The zero-order chi connectivity index (χ0) is 18.4. The minimum atomic E-state index is -0.602. The molecule has 0 aromatic heterocycles. The Morgan fingerprint density at radius 1 is 1.15 bits per heavy atom. The maximum Gasteiger partial charge on any atom is 0.242 e. The Hall–Kier alpha value is -1.67. The summed E-state index contributed by atoms with van der Waals surface area (Å²) in [6.45, 7) is 4.63. The molecule has 0 aromatic carbocycles. The number of fused-ring (bicyclic) bond motifs is 1. The first-order chi connectivity index (χ1) is 12.6. The smallest absolute Gasteiger partial charge is 0.242 e. The topological polar surface area (TPSA) is 103 Å². The molecule has 3 fully saturated rings. The second kappa shape index (κ2) is 9.32. The Balaban J connectivity index is 1.36. The summed E-state index contributed by atoms with van der Waals surface area (Å²) in [7, 11) is 0. The largest absolute Gasteiger partial charge is 0.356 e. The highest BCUT2D eigenvalue weighted by Crippen LogP contribution is 2.26. The molecule has 3 unspecified atom stereocenters. The zero-order valence-electron chi connectivity index (χ0n) is 15.4. The van der Waals surface area contributed by atoms with Gasteiger partial charge in [0.1, 0.15) is 6.04 Å². The van der Waals surface area contributed by atoms with Crippen molar-refractivity contribution in [3.8, 4) is 0 Å². The van der Waals surface area contributed by atoms with Crippen LogP contribution in [0.2, 0.25) is 0 Å². The number of hydrogen-bond donors (Lipinski definition) is 4. The minimum absolute atomic E-state index is 0.0438. The van der Waals surface area contributed by atoms with Crippen molar-refractivity contribution in [3.63, 3.8) is 0 Å². The number of amides is 3. The molecule has 0 bridgehead atoms. The van der Waals surface area contributed by atoms with Gasteiger partial charge in [0.15, 0.2) is 0 Å². The maximum atomic E-state index is 12.4. The van der Waals surface area contributed by atoms with E-state index in [1.165, 1.54) is 0 Å². The van der Waals surface area contributed by atoms with Gasteiger partial charge in [0.25, 0.3) is 0 Å². The van der Waals surface area contributed by atoms with Crippen LogP contribution in [0.1, 0.15) is 44.9 Å². The van der Waals surface area contributed by atoms with E-state index >= 15 is 0 Å². The van der Waals surface area contributed by atoms with Crippen LogP contribution in [0.15, 0.2) is 0 Å². The van der Waals surface area contributed by atoms with Crippen LogP contribution in [0.25, 0.3) is 0 Å². The van der Waals surface area contributed by atoms with Crippen molar-refractivity contribution < 1.29 is 14.4 Å². The van der Waals surface area contributed by atoms with E-state index in [2.05, 4.69) is 26.2 Å². The molecule has 3 amide bonds. The van der Waals surface area contributed by atoms with Crippen LogP contribution in [0.3, 0.4) is 0 Å². The molecule has 1 aliphatic carbocycles. The van der Waals surface area contributed by atoms with Gasteiger partial charge in [-0.25, -0.2) is 0 Å². The van der Waals surface area contributed by atoms with Gasteiger partial charge < -0.3 is 21.3 Å². The normalized spacial score (nSPS) is 29.5. The number of hydrogen-bond acceptors (Lipinski definition) is 5. The number of rotatable bonds is 7. The van der Waals surface area contributed by atoms with Crippen LogP contribution in [0.5, 0.6) is 0 Å². The van der Waals surface area contributed by atoms with Gasteiger partial charge in [-0.2, -0.15) is 0 Å². The van der Waals surface area contributed by atoms with Crippen LogP contribution in [-0.2, 0) is 14.4 Å². The minimum Gasteiger partial charge on any atom is -0.356 e. The molecule has 2 aliphatic heterocycles. The Morgan fingerprint density at radius 2 is 2.00 bits per heavy atom. The van der Waals surface area contributed by atoms with Crippen LogP contribution < -0.4 is 21.3 Å². The third-order valence-corrected chi connectivity index (χ3v) is 5.64. The van der Waals surface area contributed by atoms with E-state index in [1.54, 1.807) is 0 Å². The van der Waals surface area contributed by atoms with E-state index in [9.17, 15) is 14.4 Å². The molecule has 0 radical (unpaired) electrons. The monoisotopic (exact) mass is 365 g/mol. The molecule has 3 aliphatic rings. The Kier molecular flexibility index (Phi) is 6.85. The summed E-state index contributed by atoms with van der Waals surface area (Å²) in [6, 6.07) is -0.648. The van der Waals surface area contributed by atoms with Gasteiger partial charge >= 0.3 is 0 Å². The SMILES string of the molecule is O=C(CCC1NC(=O)C2CCCCC2NC1=O)NCCCN1CCNC1. The summed E-state index contributed by atoms with van der Waals surface area (Å²) < 4.78 is 0. The highest BCUT2D eigenvalue weighted by Gasteiger charge is 2.38. The number of carbonyl (C=O) groups is 3. The molecule has 2 saturated heterocycles. The molecule has 0 aromatic rings. The molecule has 26 heavy (non-hydrogen) atoms. The van der Waals surface area contributed by atoms with Crippen LogP contribution in [0, 0.1) is 5.92 Å². The summed E-state index contributed by atoms with van der Waals surface area (Å²) in [5.74, 6) is -0.375. The summed E-state index contributed by atoms with van der Waals surface area (Å²) >= 11 is 0. The molecular formula is C18H31N5O3. The fraction of sp³-hybridized carbons (Fsp3) is 0.833. The summed E-state index contributed by atoms with van der Waals surface area (Å²) in [4.78, 5) is 39.1. The lowest BCUT2D eigenvalue weighted by atomic mass is 9.84. The molecule has 3 rings (SSSR count). The predicted molar refractivity (Wildman–Crippen MR) is 97.1 cm³/mol. The molecule has 4 N–H and O–H groups in total. The first kappa shape index (κ1) is 19.1. The highest BCUT2D eigenvalue weighted by atomic mass is 16.2. The predicted octanol–water partition coefficient (Wildman–Crippen LogP) is -0.691. The maximum absolute atomic E-state index is 12.4. The zero-order valence-corrected chi connectivity index (χ0v) is 15.4. The van der Waals surface area contributed by atoms with E-state index in [0.29, 0.717) is 13.0 Å². The van der Waals surface area contributed by atoms with Crippen molar-refractivity contribution in [1.29, 1.82) is 0 Å². The fourth-order valence-electron chi connectivity index (χ4n) is 4.09. The van der Waals surface area contributed by atoms with Crippen molar-refractivity contribution in [1.82, 2.24) is 26.2 Å². The first-order valence-corrected chi connectivity index (χ1v) is 9.94. The average molecular weight is 365 g/mol. The van der Waals surface area contributed by atoms with E-state index in [-0.39, 0.29) is 36.1 Å². The van der Waals surface area contributed by atoms with Gasteiger partial charge in [-0.3, -0.25) is 19.3 Å². The lowest BCUT2D eigenvalue weighted by molar-refractivity contribution is -0.129. The molecule has 3 atom stereocenters. The number of nitrogens with one attached hydrogen (secondary N) is 4. The highest BCUT2D eigenvalue weighted by molar-refractivity contribution is 5.92. The molecule has 1 saturated carbocycles. The van der Waals surface area contributed by atoms with Crippen molar-refractivity contribution in [3.05, 3.63) is 0 Å². The quantitative estimate of drug-likeness (QED) is 0.447. The Morgan fingerprint density at radius 3 is 2.81 bits per heavy atom. The fourth-order valence-corrected chi connectivity index (χ4v) is 4.09. The van der Waals surface area contributed by atoms with Gasteiger partial charge in [-0.15, -0.1) is 0 Å². The molecule has 146 valence electrons. The van der Waals surface area contributed by atoms with Crippen molar-refractivity contribution in [2.75, 3.05) is 32.8 Å². The van der Waals surface area contributed by atoms with E-state index < -0.39 is 6.04 Å². The second-order valence-electron chi connectivity index (χ2n) is 7.59. The van der Waals surface area contributed by atoms with Gasteiger partial charge in [0.05, 0.1) is 5.92 Å². The third kappa shape index (κ3) is 5.17. The number of carbonyl (C=O) groups excluding carboxylic acids is 3. The Bertz CT molecular complexity index is 521. The summed E-state index contributed by atoms with van der Waals surface area (Å²) in [5.41, 5.74) is 0. The van der Waals surface area contributed by atoms with Gasteiger partial charge in [0, 0.05) is 45.3 Å². The molecule has 2 heterocycles. The van der Waals surface area contributed by atoms with E-state index in [1.807, 2.05) is 0 Å². The van der Waals surface area contributed by atoms with Gasteiger partial charge in [0.2, 0.25) is 17.7 Å². The number of nitrogens with zero attached hydrogens (tertiary/aromatic N) is 1. The Labute approximate surface area is 154 Å². The lowest BCUT2D eigenvalue weighted by Crippen LogP contribution is -2.45.